The van der Waals surface area contributed by atoms with Crippen LogP contribution < -0.4 is 15.2 Å². The van der Waals surface area contributed by atoms with E-state index in [1.165, 1.54) is 11.6 Å². The second-order valence-corrected chi connectivity index (χ2v) is 4.23. The number of hydrogen-bond acceptors (Lipinski definition) is 3. The zero-order valence-corrected chi connectivity index (χ0v) is 8.24. The Morgan fingerprint density at radius 2 is 1.93 bits per heavy atom. The van der Waals surface area contributed by atoms with Crippen LogP contribution in [0.4, 0.5) is 13.2 Å². The highest BCUT2D eigenvalue weighted by molar-refractivity contribution is 7.87. The summed E-state index contributed by atoms with van der Waals surface area (Å²) in [6.45, 7) is -0.153. The van der Waals surface area contributed by atoms with Crippen LogP contribution >= 0.6 is 0 Å². The third-order valence-electron chi connectivity index (χ3n) is 1.17. The summed E-state index contributed by atoms with van der Waals surface area (Å²) >= 11 is 0. The molecule has 0 aromatic carbocycles. The molecule has 0 fully saturated rings. The number of nitrogens with two attached hydrogens (primary N) is 1. The Morgan fingerprint density at radius 1 is 1.43 bits per heavy atom. The Morgan fingerprint density at radius 3 is 2.29 bits per heavy atom. The second-order valence-electron chi connectivity index (χ2n) is 2.69. The fourth-order valence-electron chi connectivity index (χ4n) is 0.531. The van der Waals surface area contributed by atoms with E-state index in [1.54, 1.807) is 0 Å². The largest absolute Gasteiger partial charge is 0.402 e. The third kappa shape index (κ3) is 7.06. The standard InChI is InChI=1S/C5H12F3N3O2S/c1-4(2-9)11-14(12,13)10-3-5(6,7)8/h4,10-11H,2-3,9H2,1H3/t4-/m1/s1. The summed E-state index contributed by atoms with van der Waals surface area (Å²) in [5.74, 6) is 0. The Bertz CT molecular complexity index is 264. The second kappa shape index (κ2) is 4.91. The van der Waals surface area contributed by atoms with Crippen LogP contribution in [-0.2, 0) is 10.2 Å². The molecule has 0 saturated carbocycles. The molecule has 0 spiro atoms. The highest BCUT2D eigenvalue weighted by Gasteiger charge is 2.29. The molecule has 1 atom stereocenters. The molecule has 0 aromatic rings. The molecule has 0 heterocycles. The van der Waals surface area contributed by atoms with Crippen molar-refractivity contribution in [3.63, 3.8) is 0 Å². The van der Waals surface area contributed by atoms with Gasteiger partial charge in [0.15, 0.2) is 0 Å². The maximum absolute atomic E-state index is 11.6. The maximum Gasteiger partial charge on any atom is 0.402 e. The molecule has 14 heavy (non-hydrogen) atoms. The van der Waals surface area contributed by atoms with Crippen molar-refractivity contribution >= 4 is 10.2 Å². The van der Waals surface area contributed by atoms with E-state index in [9.17, 15) is 21.6 Å². The summed E-state index contributed by atoms with van der Waals surface area (Å²) in [5, 5.41) is 0. The molecule has 0 aliphatic rings. The summed E-state index contributed by atoms with van der Waals surface area (Å²) < 4.78 is 59.9. The van der Waals surface area contributed by atoms with E-state index in [1.807, 2.05) is 4.72 Å². The predicted octanol–water partition coefficient (Wildman–Crippen LogP) is -0.680. The first-order chi connectivity index (χ1) is 6.16. The van der Waals surface area contributed by atoms with Crippen molar-refractivity contribution in [2.24, 2.45) is 5.73 Å². The fraction of sp³-hybridized carbons (Fsp3) is 1.00. The van der Waals surface area contributed by atoms with Crippen LogP contribution in [-0.4, -0.2) is 33.7 Å². The Labute approximate surface area is 80.0 Å². The molecule has 0 aliphatic heterocycles. The smallest absolute Gasteiger partial charge is 0.329 e. The van der Waals surface area contributed by atoms with E-state index in [2.05, 4.69) is 0 Å². The molecule has 9 heteroatoms. The van der Waals surface area contributed by atoms with E-state index < -0.39 is 29.0 Å². The molecule has 0 aromatic heterocycles. The Balaban J connectivity index is 4.10. The van der Waals surface area contributed by atoms with E-state index >= 15 is 0 Å². The molecule has 5 nitrogen and oxygen atoms in total. The molecule has 0 saturated heterocycles. The van der Waals surface area contributed by atoms with Crippen molar-refractivity contribution in [1.82, 2.24) is 9.44 Å². The molecule has 0 aliphatic carbocycles. The molecule has 0 radical (unpaired) electrons. The van der Waals surface area contributed by atoms with Crippen molar-refractivity contribution in [3.8, 4) is 0 Å². The van der Waals surface area contributed by atoms with Gasteiger partial charge in [-0.25, -0.2) is 0 Å². The van der Waals surface area contributed by atoms with Crippen molar-refractivity contribution in [3.05, 3.63) is 0 Å². The third-order valence-corrected chi connectivity index (χ3v) is 2.41. The van der Waals surface area contributed by atoms with Crippen LogP contribution in [0.25, 0.3) is 0 Å². The normalized spacial score (nSPS) is 15.5. The highest BCUT2D eigenvalue weighted by atomic mass is 32.2. The lowest BCUT2D eigenvalue weighted by Gasteiger charge is -2.13. The van der Waals surface area contributed by atoms with E-state index in [0.29, 0.717) is 0 Å². The summed E-state index contributed by atoms with van der Waals surface area (Å²) in [7, 11) is -4.13. The minimum Gasteiger partial charge on any atom is -0.329 e. The summed E-state index contributed by atoms with van der Waals surface area (Å²) in [5.41, 5.74) is 5.08. The average Bonchev–Trinajstić information content (AvgIpc) is 1.99. The lowest BCUT2D eigenvalue weighted by Crippen LogP contribution is -2.46. The summed E-state index contributed by atoms with van der Waals surface area (Å²) in [4.78, 5) is 0. The number of halogens is 3. The van der Waals surface area contributed by atoms with Crippen molar-refractivity contribution < 1.29 is 21.6 Å². The van der Waals surface area contributed by atoms with Gasteiger partial charge in [0.2, 0.25) is 0 Å². The van der Waals surface area contributed by atoms with Crippen molar-refractivity contribution in [2.75, 3.05) is 13.1 Å². The average molecular weight is 235 g/mol. The molecule has 86 valence electrons. The molecule has 0 amide bonds. The van der Waals surface area contributed by atoms with Crippen LogP contribution in [0.3, 0.4) is 0 Å². The molecule has 0 unspecified atom stereocenters. The predicted molar refractivity (Wildman–Crippen MR) is 44.6 cm³/mol. The van der Waals surface area contributed by atoms with Crippen LogP contribution in [0.15, 0.2) is 0 Å². The lowest BCUT2D eigenvalue weighted by molar-refractivity contribution is -0.121. The van der Waals surface area contributed by atoms with Crippen molar-refractivity contribution in [1.29, 1.82) is 0 Å². The first kappa shape index (κ1) is 13.6. The summed E-state index contributed by atoms with van der Waals surface area (Å²) in [6, 6.07) is -0.610. The van der Waals surface area contributed by atoms with Gasteiger partial charge in [-0.05, 0) is 6.92 Å². The number of hydrogen-bond donors (Lipinski definition) is 3. The van der Waals surface area contributed by atoms with Gasteiger partial charge in [-0.15, -0.1) is 0 Å². The summed E-state index contributed by atoms with van der Waals surface area (Å²) in [6.07, 6.45) is -4.57. The van der Waals surface area contributed by atoms with E-state index in [0.717, 1.165) is 0 Å². The van der Waals surface area contributed by atoms with Gasteiger partial charge in [-0.2, -0.15) is 31.0 Å². The van der Waals surface area contributed by atoms with Gasteiger partial charge in [-0.1, -0.05) is 0 Å². The van der Waals surface area contributed by atoms with Gasteiger partial charge in [0.1, 0.15) is 6.54 Å². The van der Waals surface area contributed by atoms with Gasteiger partial charge in [-0.3, -0.25) is 0 Å². The maximum atomic E-state index is 11.6. The van der Waals surface area contributed by atoms with Crippen LogP contribution in [0.1, 0.15) is 6.92 Å². The van der Waals surface area contributed by atoms with Crippen LogP contribution in [0.5, 0.6) is 0 Å². The quantitative estimate of drug-likeness (QED) is 0.590. The SMILES string of the molecule is C[C@H](CN)NS(=O)(=O)NCC(F)(F)F. The number of rotatable bonds is 5. The molecular formula is C5H12F3N3O2S. The monoisotopic (exact) mass is 235 g/mol. The molecular weight excluding hydrogens is 223 g/mol. The lowest BCUT2D eigenvalue weighted by atomic mass is 10.4. The highest BCUT2D eigenvalue weighted by Crippen LogP contribution is 2.12. The first-order valence-electron chi connectivity index (χ1n) is 3.70. The van der Waals surface area contributed by atoms with Gasteiger partial charge >= 0.3 is 6.18 Å². The number of nitrogens with one attached hydrogen (secondary N) is 2. The van der Waals surface area contributed by atoms with Gasteiger partial charge < -0.3 is 5.73 Å². The van der Waals surface area contributed by atoms with Crippen molar-refractivity contribution in [2.45, 2.75) is 19.1 Å². The fourth-order valence-corrected chi connectivity index (χ4v) is 1.59. The Kier molecular flexibility index (Phi) is 4.78. The van der Waals surface area contributed by atoms with Crippen LogP contribution in [0, 0.1) is 0 Å². The molecule has 0 rings (SSSR count). The van der Waals surface area contributed by atoms with Crippen LogP contribution in [0.2, 0.25) is 0 Å². The zero-order chi connectivity index (χ0) is 11.4. The van der Waals surface area contributed by atoms with E-state index in [-0.39, 0.29) is 6.54 Å². The van der Waals surface area contributed by atoms with Gasteiger partial charge in [0.25, 0.3) is 10.2 Å². The van der Waals surface area contributed by atoms with Gasteiger partial charge in [0, 0.05) is 12.6 Å². The molecule has 4 N–H and O–H groups in total. The van der Waals surface area contributed by atoms with Gasteiger partial charge in [0.05, 0.1) is 0 Å². The topological polar surface area (TPSA) is 84.2 Å². The minimum atomic E-state index is -4.57. The van der Waals surface area contributed by atoms with E-state index in [4.69, 9.17) is 5.73 Å². The Hall–Kier alpha value is -0.380. The molecule has 0 bridgehead atoms. The zero-order valence-electron chi connectivity index (χ0n) is 7.43. The first-order valence-corrected chi connectivity index (χ1v) is 5.18. The minimum absolute atomic E-state index is 0.00687. The number of alkyl halides is 3.